The summed E-state index contributed by atoms with van der Waals surface area (Å²) in [4.78, 5) is 18.4. The molecule has 1 saturated carbocycles. The molecule has 3 aromatic rings. The SMILES string of the molecule is COC(C)CNc1nc(C)c(-c2nc3cnc(C)cc3s2)c(NC2CC(CO)C(O)C2O)n1. The van der Waals surface area contributed by atoms with E-state index in [2.05, 4.69) is 25.6 Å². The molecule has 0 aromatic carbocycles. The van der Waals surface area contributed by atoms with Crippen molar-refractivity contribution in [3.8, 4) is 10.6 Å². The van der Waals surface area contributed by atoms with E-state index in [1.165, 1.54) is 11.3 Å². The van der Waals surface area contributed by atoms with Crippen LogP contribution in [0.4, 0.5) is 11.8 Å². The third kappa shape index (κ3) is 4.92. The number of fused-ring (bicyclic) bond motifs is 1. The molecule has 5 N–H and O–H groups in total. The molecule has 0 amide bonds. The van der Waals surface area contributed by atoms with E-state index in [0.717, 1.165) is 32.2 Å². The fourth-order valence-electron chi connectivity index (χ4n) is 3.99. The zero-order chi connectivity index (χ0) is 23.7. The maximum absolute atomic E-state index is 10.6. The molecule has 5 atom stereocenters. The van der Waals surface area contributed by atoms with E-state index in [9.17, 15) is 15.3 Å². The highest BCUT2D eigenvalue weighted by molar-refractivity contribution is 7.21. The number of anilines is 2. The van der Waals surface area contributed by atoms with Gasteiger partial charge < -0.3 is 30.7 Å². The van der Waals surface area contributed by atoms with Crippen LogP contribution in [0.3, 0.4) is 0 Å². The molecular weight excluding hydrogens is 444 g/mol. The number of aliphatic hydroxyl groups excluding tert-OH is 3. The second-order valence-corrected chi connectivity index (χ2v) is 9.54. The van der Waals surface area contributed by atoms with Gasteiger partial charge in [-0.2, -0.15) is 4.98 Å². The van der Waals surface area contributed by atoms with Gasteiger partial charge in [0.25, 0.3) is 0 Å². The molecule has 1 aliphatic carbocycles. The topological polar surface area (TPSA) is 146 Å². The van der Waals surface area contributed by atoms with Crippen LogP contribution in [-0.4, -0.2) is 79.9 Å². The minimum Gasteiger partial charge on any atom is -0.396 e. The largest absolute Gasteiger partial charge is 0.396 e. The lowest BCUT2D eigenvalue weighted by molar-refractivity contribution is 0.00446. The van der Waals surface area contributed by atoms with Crippen molar-refractivity contribution in [2.45, 2.75) is 51.5 Å². The third-order valence-corrected chi connectivity index (χ3v) is 7.06. The van der Waals surface area contributed by atoms with Crippen LogP contribution in [-0.2, 0) is 4.74 Å². The first-order chi connectivity index (χ1) is 15.8. The Hall–Kier alpha value is -2.44. The molecule has 1 aliphatic rings. The molecule has 11 heteroatoms. The number of rotatable bonds is 8. The summed E-state index contributed by atoms with van der Waals surface area (Å²) in [7, 11) is 1.64. The Labute approximate surface area is 196 Å². The lowest BCUT2D eigenvalue weighted by Crippen LogP contribution is -2.35. The summed E-state index contributed by atoms with van der Waals surface area (Å²) < 4.78 is 6.30. The highest BCUT2D eigenvalue weighted by Crippen LogP contribution is 2.38. The van der Waals surface area contributed by atoms with Crippen molar-refractivity contribution >= 4 is 33.3 Å². The second kappa shape index (κ2) is 9.82. The predicted molar refractivity (Wildman–Crippen MR) is 127 cm³/mol. The fourth-order valence-corrected chi connectivity index (χ4v) is 5.12. The van der Waals surface area contributed by atoms with Crippen LogP contribution >= 0.6 is 11.3 Å². The summed E-state index contributed by atoms with van der Waals surface area (Å²) >= 11 is 1.52. The molecule has 3 heterocycles. The fraction of sp³-hybridized carbons (Fsp3) is 0.545. The number of hydrogen-bond donors (Lipinski definition) is 5. The summed E-state index contributed by atoms with van der Waals surface area (Å²) in [6, 6.07) is 1.51. The molecule has 178 valence electrons. The number of aryl methyl sites for hydroxylation is 2. The Kier molecular flexibility index (Phi) is 7.05. The van der Waals surface area contributed by atoms with Gasteiger partial charge in [-0.15, -0.1) is 11.3 Å². The van der Waals surface area contributed by atoms with Crippen molar-refractivity contribution in [1.82, 2.24) is 19.9 Å². The average molecular weight is 475 g/mol. The van der Waals surface area contributed by atoms with E-state index in [-0.39, 0.29) is 12.7 Å². The van der Waals surface area contributed by atoms with Crippen LogP contribution in [0.25, 0.3) is 20.8 Å². The zero-order valence-electron chi connectivity index (χ0n) is 19.1. The smallest absolute Gasteiger partial charge is 0.224 e. The van der Waals surface area contributed by atoms with E-state index < -0.39 is 24.2 Å². The normalized spacial score (nSPS) is 23.7. The number of pyridine rings is 1. The summed E-state index contributed by atoms with van der Waals surface area (Å²) in [5.41, 5.74) is 3.15. The van der Waals surface area contributed by atoms with Gasteiger partial charge in [-0.05, 0) is 33.3 Å². The highest BCUT2D eigenvalue weighted by atomic mass is 32.1. The van der Waals surface area contributed by atoms with Gasteiger partial charge >= 0.3 is 0 Å². The Morgan fingerprint density at radius 1 is 1.21 bits per heavy atom. The molecular formula is C22H30N6O4S. The second-order valence-electron chi connectivity index (χ2n) is 8.51. The van der Waals surface area contributed by atoms with Gasteiger partial charge in [-0.1, -0.05) is 0 Å². The van der Waals surface area contributed by atoms with Crippen LogP contribution in [0.5, 0.6) is 0 Å². The van der Waals surface area contributed by atoms with Gasteiger partial charge in [-0.3, -0.25) is 4.98 Å². The predicted octanol–water partition coefficient (Wildman–Crippen LogP) is 1.73. The number of nitrogens with one attached hydrogen (secondary N) is 2. The highest BCUT2D eigenvalue weighted by Gasteiger charge is 2.41. The van der Waals surface area contributed by atoms with Gasteiger partial charge in [0.2, 0.25) is 5.95 Å². The van der Waals surface area contributed by atoms with Crippen LogP contribution in [0, 0.1) is 19.8 Å². The molecule has 1 fully saturated rings. The Bertz CT molecular complexity index is 1130. The van der Waals surface area contributed by atoms with Crippen molar-refractivity contribution in [3.63, 3.8) is 0 Å². The first kappa shape index (κ1) is 23.7. The number of methoxy groups -OCH3 is 1. The molecule has 10 nitrogen and oxygen atoms in total. The number of ether oxygens (including phenoxy) is 1. The summed E-state index contributed by atoms with van der Waals surface area (Å²) in [5.74, 6) is 0.530. The van der Waals surface area contributed by atoms with Crippen LogP contribution < -0.4 is 10.6 Å². The average Bonchev–Trinajstić information content (AvgIpc) is 3.32. The van der Waals surface area contributed by atoms with E-state index >= 15 is 0 Å². The third-order valence-electron chi connectivity index (χ3n) is 6.02. The minimum absolute atomic E-state index is 0.0258. The number of hydrogen-bond acceptors (Lipinski definition) is 11. The Morgan fingerprint density at radius 2 is 2.00 bits per heavy atom. The van der Waals surface area contributed by atoms with Crippen molar-refractivity contribution in [3.05, 3.63) is 23.7 Å². The van der Waals surface area contributed by atoms with Crippen molar-refractivity contribution in [2.75, 3.05) is 30.9 Å². The Morgan fingerprint density at radius 3 is 2.70 bits per heavy atom. The first-order valence-corrected chi connectivity index (χ1v) is 11.7. The first-order valence-electron chi connectivity index (χ1n) is 10.9. The van der Waals surface area contributed by atoms with E-state index in [1.54, 1.807) is 13.3 Å². The van der Waals surface area contributed by atoms with Gasteiger partial charge in [0.15, 0.2) is 0 Å². The molecule has 0 spiro atoms. The standard InChI is InChI=1S/C22H30N6O4S/c1-10-5-16-15(8-23-10)27-21(33-16)17-12(3)25-22(24-7-11(2)32-4)28-20(17)26-14-6-13(9-29)18(30)19(14)31/h5,8,11,13-14,18-19,29-31H,6-7,9H2,1-4H3,(H2,24,25,26,28). The summed E-state index contributed by atoms with van der Waals surface area (Å²) in [6.45, 7) is 6.09. The minimum atomic E-state index is -1.03. The quantitative estimate of drug-likeness (QED) is 0.327. The van der Waals surface area contributed by atoms with Crippen molar-refractivity contribution < 1.29 is 20.1 Å². The lowest BCUT2D eigenvalue weighted by Gasteiger charge is -2.21. The van der Waals surface area contributed by atoms with Gasteiger partial charge in [0.1, 0.15) is 22.4 Å². The molecule has 4 rings (SSSR count). The molecule has 5 unspecified atom stereocenters. The van der Waals surface area contributed by atoms with Crippen molar-refractivity contribution in [2.24, 2.45) is 5.92 Å². The molecule has 0 bridgehead atoms. The molecule has 0 saturated heterocycles. The Balaban J connectivity index is 1.74. The lowest BCUT2D eigenvalue weighted by atomic mass is 10.1. The molecule has 33 heavy (non-hydrogen) atoms. The van der Waals surface area contributed by atoms with E-state index in [0.29, 0.717) is 24.7 Å². The van der Waals surface area contributed by atoms with Crippen molar-refractivity contribution in [1.29, 1.82) is 0 Å². The molecule has 0 aliphatic heterocycles. The number of nitrogens with zero attached hydrogens (tertiary/aromatic N) is 4. The molecule has 3 aromatic heterocycles. The molecule has 0 radical (unpaired) electrons. The van der Waals surface area contributed by atoms with Crippen LogP contribution in [0.15, 0.2) is 12.3 Å². The number of thiazole rings is 1. The number of aliphatic hydroxyl groups is 3. The maximum Gasteiger partial charge on any atom is 0.224 e. The van der Waals surface area contributed by atoms with Gasteiger partial charge in [0, 0.05) is 31.9 Å². The van der Waals surface area contributed by atoms with Crippen LogP contribution in [0.1, 0.15) is 24.7 Å². The zero-order valence-corrected chi connectivity index (χ0v) is 19.9. The monoisotopic (exact) mass is 474 g/mol. The maximum atomic E-state index is 10.6. The van der Waals surface area contributed by atoms with Crippen LogP contribution in [0.2, 0.25) is 0 Å². The summed E-state index contributed by atoms with van der Waals surface area (Å²) in [5, 5.41) is 37.6. The van der Waals surface area contributed by atoms with Gasteiger partial charge in [0.05, 0.1) is 40.4 Å². The van der Waals surface area contributed by atoms with Gasteiger partial charge in [-0.25, -0.2) is 9.97 Å². The summed E-state index contributed by atoms with van der Waals surface area (Å²) in [6.07, 6.45) is 0.0993. The van der Waals surface area contributed by atoms with E-state index in [4.69, 9.17) is 9.72 Å². The van der Waals surface area contributed by atoms with E-state index in [1.807, 2.05) is 26.8 Å². The number of aromatic nitrogens is 4.